The van der Waals surface area contributed by atoms with Gasteiger partial charge in [0, 0.05) is 12.1 Å². The molecule has 0 aromatic heterocycles. The van der Waals surface area contributed by atoms with Crippen LogP contribution >= 0.6 is 0 Å². The van der Waals surface area contributed by atoms with Crippen LogP contribution in [0.1, 0.15) is 11.7 Å². The second-order valence-corrected chi connectivity index (χ2v) is 3.49. The largest absolute Gasteiger partial charge is 0.388 e. The number of nitro groups is 1. The molecule has 0 saturated carbocycles. The van der Waals surface area contributed by atoms with Gasteiger partial charge in [-0.1, -0.05) is 0 Å². The number of benzene rings is 1. The van der Waals surface area contributed by atoms with Crippen molar-refractivity contribution in [1.29, 1.82) is 0 Å². The molecule has 0 bridgehead atoms. The van der Waals surface area contributed by atoms with Crippen LogP contribution in [0.4, 0.5) is 5.69 Å². The van der Waals surface area contributed by atoms with E-state index in [2.05, 4.69) is 0 Å². The summed E-state index contributed by atoms with van der Waals surface area (Å²) < 4.78 is 10.1. The first-order chi connectivity index (χ1) is 7.68. The maximum Gasteiger partial charge on any atom is 0.269 e. The topological polar surface area (TPSA) is 81.8 Å². The Balaban J connectivity index is 2.17. The van der Waals surface area contributed by atoms with E-state index in [1.54, 1.807) is 12.1 Å². The lowest BCUT2D eigenvalue weighted by Gasteiger charge is -2.28. The molecule has 0 radical (unpaired) electrons. The summed E-state index contributed by atoms with van der Waals surface area (Å²) in [5, 5.41) is 20.1. The van der Waals surface area contributed by atoms with E-state index < -0.39 is 17.1 Å². The van der Waals surface area contributed by atoms with Crippen molar-refractivity contribution in [3.05, 3.63) is 39.9 Å². The van der Waals surface area contributed by atoms with Gasteiger partial charge in [0.15, 0.2) is 0 Å². The van der Waals surface area contributed by atoms with Gasteiger partial charge in [-0.15, -0.1) is 0 Å². The Morgan fingerprint density at radius 3 is 2.62 bits per heavy atom. The highest BCUT2D eigenvalue weighted by Crippen LogP contribution is 2.26. The fourth-order valence-electron chi connectivity index (χ4n) is 1.59. The molecule has 1 N–H and O–H groups in total. The fourth-order valence-corrected chi connectivity index (χ4v) is 1.59. The average molecular weight is 225 g/mol. The number of hydrogen-bond donors (Lipinski definition) is 1. The van der Waals surface area contributed by atoms with Gasteiger partial charge < -0.3 is 14.6 Å². The summed E-state index contributed by atoms with van der Waals surface area (Å²) in [5.74, 6) is 0. The van der Waals surface area contributed by atoms with Crippen molar-refractivity contribution in [3.8, 4) is 0 Å². The first-order valence-corrected chi connectivity index (χ1v) is 4.80. The van der Waals surface area contributed by atoms with Crippen LogP contribution in [0.15, 0.2) is 24.3 Å². The normalized spacial score (nSPS) is 25.3. The number of non-ortho nitro benzene ring substituents is 1. The van der Waals surface area contributed by atoms with E-state index in [0.717, 1.165) is 0 Å². The quantitative estimate of drug-likeness (QED) is 0.599. The van der Waals surface area contributed by atoms with Crippen LogP contribution in [0.5, 0.6) is 0 Å². The molecule has 1 fully saturated rings. The summed E-state index contributed by atoms with van der Waals surface area (Å²) in [6, 6.07) is 5.94. The molecule has 6 heteroatoms. The van der Waals surface area contributed by atoms with Gasteiger partial charge >= 0.3 is 0 Å². The zero-order valence-electron chi connectivity index (χ0n) is 8.41. The molecule has 0 aliphatic carbocycles. The van der Waals surface area contributed by atoms with E-state index in [1.807, 2.05) is 0 Å². The number of nitrogens with zero attached hydrogens (tertiary/aromatic N) is 1. The minimum absolute atomic E-state index is 0.0188. The summed E-state index contributed by atoms with van der Waals surface area (Å²) in [4.78, 5) is 9.99. The van der Waals surface area contributed by atoms with Gasteiger partial charge in [0.2, 0.25) is 0 Å². The summed E-state index contributed by atoms with van der Waals surface area (Å²) >= 11 is 0. The number of rotatable bonds is 2. The zero-order chi connectivity index (χ0) is 11.5. The smallest absolute Gasteiger partial charge is 0.269 e. The minimum Gasteiger partial charge on any atom is -0.388 e. The molecule has 86 valence electrons. The van der Waals surface area contributed by atoms with Gasteiger partial charge in [-0.2, -0.15) is 0 Å². The van der Waals surface area contributed by atoms with Crippen LogP contribution in [0.3, 0.4) is 0 Å². The van der Waals surface area contributed by atoms with Crippen molar-refractivity contribution in [2.24, 2.45) is 0 Å². The third kappa shape index (κ3) is 2.19. The maximum atomic E-state index is 10.5. The molecular weight excluding hydrogens is 214 g/mol. The van der Waals surface area contributed by atoms with Gasteiger partial charge in [-0.25, -0.2) is 0 Å². The molecule has 16 heavy (non-hydrogen) atoms. The van der Waals surface area contributed by atoms with Gasteiger partial charge in [-0.3, -0.25) is 10.1 Å². The Hall–Kier alpha value is -1.50. The fraction of sp³-hybridized carbons (Fsp3) is 0.400. The highest BCUT2D eigenvalue weighted by molar-refractivity contribution is 5.34. The van der Waals surface area contributed by atoms with Crippen LogP contribution < -0.4 is 0 Å². The van der Waals surface area contributed by atoms with E-state index in [-0.39, 0.29) is 19.1 Å². The molecule has 2 rings (SSSR count). The van der Waals surface area contributed by atoms with E-state index in [9.17, 15) is 15.2 Å². The summed E-state index contributed by atoms with van der Waals surface area (Å²) in [6.07, 6.45) is -1.22. The molecule has 1 aliphatic heterocycles. The van der Waals surface area contributed by atoms with Gasteiger partial charge in [0.05, 0.1) is 11.5 Å². The lowest BCUT2D eigenvalue weighted by molar-refractivity contribution is -0.384. The van der Waals surface area contributed by atoms with Crippen LogP contribution in [0, 0.1) is 10.1 Å². The molecule has 1 aliphatic rings. The summed E-state index contributed by atoms with van der Waals surface area (Å²) in [6.45, 7) is 0.334. The molecule has 1 heterocycles. The van der Waals surface area contributed by atoms with Crippen molar-refractivity contribution in [1.82, 2.24) is 0 Å². The van der Waals surface area contributed by atoms with E-state index >= 15 is 0 Å². The van der Waals surface area contributed by atoms with Crippen LogP contribution in [0.2, 0.25) is 0 Å². The third-order valence-corrected chi connectivity index (χ3v) is 2.40. The molecule has 0 amide bonds. The first-order valence-electron chi connectivity index (χ1n) is 4.80. The van der Waals surface area contributed by atoms with Crippen molar-refractivity contribution in [2.45, 2.75) is 12.2 Å². The van der Waals surface area contributed by atoms with Crippen molar-refractivity contribution < 1.29 is 19.5 Å². The zero-order valence-corrected chi connectivity index (χ0v) is 8.41. The van der Waals surface area contributed by atoms with E-state index in [1.165, 1.54) is 12.1 Å². The SMILES string of the molecule is O=[N+]([O-])c1ccc([C@@H]2OCOC[C@H]2O)cc1. The molecule has 0 spiro atoms. The highest BCUT2D eigenvalue weighted by atomic mass is 16.7. The average Bonchev–Trinajstić information content (AvgIpc) is 2.30. The van der Waals surface area contributed by atoms with Gasteiger partial charge in [-0.05, 0) is 17.7 Å². The Morgan fingerprint density at radius 2 is 2.06 bits per heavy atom. The lowest BCUT2D eigenvalue weighted by Crippen LogP contribution is -2.32. The second-order valence-electron chi connectivity index (χ2n) is 3.49. The van der Waals surface area contributed by atoms with Gasteiger partial charge in [0.25, 0.3) is 5.69 Å². The molecule has 1 saturated heterocycles. The highest BCUT2D eigenvalue weighted by Gasteiger charge is 2.26. The standard InChI is InChI=1S/C10H11NO5/c12-9-5-15-6-16-10(9)7-1-3-8(4-2-7)11(13)14/h1-4,9-10,12H,5-6H2/t9-,10+/m1/s1. The van der Waals surface area contributed by atoms with Crippen LogP contribution in [0.25, 0.3) is 0 Å². The number of aliphatic hydroxyl groups excluding tert-OH is 1. The van der Waals surface area contributed by atoms with Crippen molar-refractivity contribution in [2.75, 3.05) is 13.4 Å². The molecule has 1 aromatic rings. The van der Waals surface area contributed by atoms with Crippen LogP contribution in [-0.2, 0) is 9.47 Å². The van der Waals surface area contributed by atoms with Crippen molar-refractivity contribution >= 4 is 5.69 Å². The van der Waals surface area contributed by atoms with E-state index in [0.29, 0.717) is 5.56 Å². The molecule has 1 aromatic carbocycles. The Bertz CT molecular complexity index is 377. The monoisotopic (exact) mass is 225 g/mol. The summed E-state index contributed by atoms with van der Waals surface area (Å²) in [7, 11) is 0. The predicted molar refractivity (Wildman–Crippen MR) is 53.7 cm³/mol. The minimum atomic E-state index is -0.741. The van der Waals surface area contributed by atoms with Gasteiger partial charge in [0.1, 0.15) is 19.0 Å². The van der Waals surface area contributed by atoms with Crippen LogP contribution in [-0.4, -0.2) is 29.5 Å². The number of aliphatic hydroxyl groups is 1. The molecule has 2 atom stereocenters. The third-order valence-electron chi connectivity index (χ3n) is 2.40. The first kappa shape index (κ1) is 11.0. The number of ether oxygens (including phenoxy) is 2. The maximum absolute atomic E-state index is 10.5. The lowest BCUT2D eigenvalue weighted by atomic mass is 10.0. The Kier molecular flexibility index (Phi) is 3.14. The number of hydrogen-bond acceptors (Lipinski definition) is 5. The van der Waals surface area contributed by atoms with E-state index in [4.69, 9.17) is 9.47 Å². The molecular formula is C10H11NO5. The second kappa shape index (κ2) is 4.56. The van der Waals surface area contributed by atoms with Crippen molar-refractivity contribution in [3.63, 3.8) is 0 Å². The molecule has 6 nitrogen and oxygen atoms in total. The summed E-state index contributed by atoms with van der Waals surface area (Å²) in [5.41, 5.74) is 0.728. The molecule has 0 unspecified atom stereocenters. The Labute approximate surface area is 91.6 Å². The Morgan fingerprint density at radius 1 is 1.38 bits per heavy atom. The predicted octanol–water partition coefficient (Wildman–Crippen LogP) is 1.00. The number of nitro benzene ring substituents is 1.